The largest absolute Gasteiger partial charge is 0.493 e. The Labute approximate surface area is 107 Å². The predicted molar refractivity (Wildman–Crippen MR) is 70.6 cm³/mol. The quantitative estimate of drug-likeness (QED) is 0.894. The highest BCUT2D eigenvalue weighted by molar-refractivity contribution is 6.30. The molecule has 1 aromatic rings. The molecule has 0 spiro atoms. The van der Waals surface area contributed by atoms with E-state index in [1.54, 1.807) is 0 Å². The number of rotatable bonds is 4. The number of nitrogens with two attached hydrogens (primary N) is 1. The van der Waals surface area contributed by atoms with Crippen LogP contribution in [-0.2, 0) is 13.0 Å². The second-order valence-corrected chi connectivity index (χ2v) is 5.26. The van der Waals surface area contributed by atoms with E-state index in [2.05, 4.69) is 11.9 Å². The molecule has 1 aliphatic heterocycles. The number of nitrogens with zero attached hydrogens (tertiary/aromatic N) is 1. The number of ether oxygens (including phenoxy) is 1. The van der Waals surface area contributed by atoms with E-state index in [1.807, 2.05) is 19.1 Å². The molecule has 1 aromatic carbocycles. The van der Waals surface area contributed by atoms with Gasteiger partial charge in [0, 0.05) is 36.1 Å². The maximum absolute atomic E-state index is 6.12. The molecule has 94 valence electrons. The van der Waals surface area contributed by atoms with E-state index in [0.717, 1.165) is 42.5 Å². The van der Waals surface area contributed by atoms with Crippen LogP contribution in [0.15, 0.2) is 12.1 Å². The molecule has 3 nitrogen and oxygen atoms in total. The highest BCUT2D eigenvalue weighted by Gasteiger charge is 2.18. The average molecular weight is 255 g/mol. The summed E-state index contributed by atoms with van der Waals surface area (Å²) in [5.41, 5.74) is 8.17. The summed E-state index contributed by atoms with van der Waals surface area (Å²) >= 11 is 6.12. The van der Waals surface area contributed by atoms with E-state index in [1.165, 1.54) is 5.56 Å². The summed E-state index contributed by atoms with van der Waals surface area (Å²) in [5, 5.41) is 0.790. The first kappa shape index (κ1) is 12.7. The fraction of sp³-hybridized carbons (Fsp3) is 0.538. The van der Waals surface area contributed by atoms with Crippen molar-refractivity contribution in [2.24, 2.45) is 5.73 Å². The Hall–Kier alpha value is -0.770. The molecule has 1 atom stereocenters. The second kappa shape index (κ2) is 5.25. The van der Waals surface area contributed by atoms with Crippen molar-refractivity contribution in [3.05, 3.63) is 28.3 Å². The molecule has 0 saturated carbocycles. The van der Waals surface area contributed by atoms with Gasteiger partial charge in [-0.25, -0.2) is 0 Å². The first-order valence-corrected chi connectivity index (χ1v) is 6.32. The van der Waals surface area contributed by atoms with Crippen molar-refractivity contribution in [3.63, 3.8) is 0 Å². The van der Waals surface area contributed by atoms with Crippen LogP contribution >= 0.6 is 11.6 Å². The molecule has 0 saturated heterocycles. The molecule has 2 rings (SSSR count). The highest BCUT2D eigenvalue weighted by Crippen LogP contribution is 2.33. The molecule has 1 heterocycles. The molecular formula is C13H19ClN2O. The third-order valence-electron chi connectivity index (χ3n) is 2.87. The fourth-order valence-corrected chi connectivity index (χ4v) is 2.57. The van der Waals surface area contributed by atoms with Crippen LogP contribution in [0.2, 0.25) is 5.02 Å². The number of hydrogen-bond acceptors (Lipinski definition) is 3. The zero-order chi connectivity index (χ0) is 12.4. The van der Waals surface area contributed by atoms with E-state index in [4.69, 9.17) is 22.1 Å². The Kier molecular flexibility index (Phi) is 3.92. The number of hydrogen-bond donors (Lipinski definition) is 1. The van der Waals surface area contributed by atoms with Gasteiger partial charge in [0.2, 0.25) is 0 Å². The minimum Gasteiger partial charge on any atom is -0.493 e. The van der Waals surface area contributed by atoms with Gasteiger partial charge in [0.1, 0.15) is 5.75 Å². The lowest BCUT2D eigenvalue weighted by Crippen LogP contribution is -2.32. The van der Waals surface area contributed by atoms with Crippen molar-refractivity contribution in [3.8, 4) is 5.75 Å². The third kappa shape index (κ3) is 3.12. The molecule has 17 heavy (non-hydrogen) atoms. The molecule has 1 unspecified atom stereocenters. The van der Waals surface area contributed by atoms with E-state index < -0.39 is 0 Å². The predicted octanol–water partition coefficient (Wildman–Crippen LogP) is 2.05. The van der Waals surface area contributed by atoms with Gasteiger partial charge < -0.3 is 15.4 Å². The minimum atomic E-state index is 0.174. The topological polar surface area (TPSA) is 38.5 Å². The van der Waals surface area contributed by atoms with Gasteiger partial charge >= 0.3 is 0 Å². The SMILES string of the molecule is CC(N)CN(C)Cc1cc(Cl)cc2c1OCC2. The molecule has 2 N–H and O–H groups in total. The first-order chi connectivity index (χ1) is 8.06. The van der Waals surface area contributed by atoms with E-state index in [-0.39, 0.29) is 6.04 Å². The summed E-state index contributed by atoms with van der Waals surface area (Å²) in [6, 6.07) is 4.16. The van der Waals surface area contributed by atoms with Gasteiger partial charge in [0.25, 0.3) is 0 Å². The molecule has 4 heteroatoms. The van der Waals surface area contributed by atoms with Crippen molar-refractivity contribution in [1.82, 2.24) is 4.90 Å². The van der Waals surface area contributed by atoms with Crippen LogP contribution in [0.25, 0.3) is 0 Å². The molecular weight excluding hydrogens is 236 g/mol. The summed E-state index contributed by atoms with van der Waals surface area (Å²) in [6.07, 6.45) is 0.958. The van der Waals surface area contributed by atoms with Crippen LogP contribution in [0.3, 0.4) is 0 Å². The molecule has 0 aliphatic carbocycles. The van der Waals surface area contributed by atoms with Crippen molar-refractivity contribution < 1.29 is 4.74 Å². The van der Waals surface area contributed by atoms with Crippen molar-refractivity contribution >= 4 is 11.6 Å². The van der Waals surface area contributed by atoms with Gasteiger partial charge in [-0.3, -0.25) is 0 Å². The summed E-state index contributed by atoms with van der Waals surface area (Å²) < 4.78 is 5.67. The van der Waals surface area contributed by atoms with Gasteiger partial charge in [-0.15, -0.1) is 0 Å². The molecule has 0 radical (unpaired) electrons. The number of likely N-dealkylation sites (N-methyl/N-ethyl adjacent to an activating group) is 1. The lowest BCUT2D eigenvalue weighted by molar-refractivity contribution is 0.298. The summed E-state index contributed by atoms with van der Waals surface area (Å²) in [5.74, 6) is 1.02. The normalized spacial score (nSPS) is 15.8. The molecule has 0 amide bonds. The van der Waals surface area contributed by atoms with Gasteiger partial charge in [-0.2, -0.15) is 0 Å². The number of benzene rings is 1. The van der Waals surface area contributed by atoms with Gasteiger partial charge in [0.15, 0.2) is 0 Å². The number of fused-ring (bicyclic) bond motifs is 1. The lowest BCUT2D eigenvalue weighted by Gasteiger charge is -2.20. The minimum absolute atomic E-state index is 0.174. The summed E-state index contributed by atoms with van der Waals surface area (Å²) in [6.45, 7) is 4.46. The third-order valence-corrected chi connectivity index (χ3v) is 3.08. The maximum Gasteiger partial charge on any atom is 0.127 e. The smallest absolute Gasteiger partial charge is 0.127 e. The highest BCUT2D eigenvalue weighted by atomic mass is 35.5. The maximum atomic E-state index is 6.12. The lowest BCUT2D eigenvalue weighted by atomic mass is 10.1. The standard InChI is InChI=1S/C13H19ClN2O/c1-9(15)7-16(2)8-11-6-12(14)5-10-3-4-17-13(10)11/h5-6,9H,3-4,7-8,15H2,1-2H3. The van der Waals surface area contributed by atoms with Gasteiger partial charge in [-0.05, 0) is 31.7 Å². The molecule has 1 aliphatic rings. The van der Waals surface area contributed by atoms with Crippen LogP contribution in [0.5, 0.6) is 5.75 Å². The number of halogens is 1. The van der Waals surface area contributed by atoms with Gasteiger partial charge in [-0.1, -0.05) is 11.6 Å². The Bertz CT molecular complexity index is 407. The zero-order valence-corrected chi connectivity index (χ0v) is 11.1. The van der Waals surface area contributed by atoms with E-state index >= 15 is 0 Å². The molecule has 0 aromatic heterocycles. The summed E-state index contributed by atoms with van der Waals surface area (Å²) in [4.78, 5) is 2.19. The van der Waals surface area contributed by atoms with Crippen molar-refractivity contribution in [2.75, 3.05) is 20.2 Å². The van der Waals surface area contributed by atoms with Crippen LogP contribution in [0, 0.1) is 0 Å². The van der Waals surface area contributed by atoms with Crippen LogP contribution in [-0.4, -0.2) is 31.1 Å². The van der Waals surface area contributed by atoms with Crippen LogP contribution < -0.4 is 10.5 Å². The Morgan fingerprint density at radius 1 is 1.53 bits per heavy atom. The summed E-state index contributed by atoms with van der Waals surface area (Å²) in [7, 11) is 2.06. The second-order valence-electron chi connectivity index (χ2n) is 4.83. The van der Waals surface area contributed by atoms with E-state index in [9.17, 15) is 0 Å². The average Bonchev–Trinajstić information content (AvgIpc) is 2.63. The van der Waals surface area contributed by atoms with Crippen molar-refractivity contribution in [1.29, 1.82) is 0 Å². The Balaban J connectivity index is 2.15. The Morgan fingerprint density at radius 2 is 2.29 bits per heavy atom. The molecule has 0 fully saturated rings. The van der Waals surface area contributed by atoms with Crippen LogP contribution in [0.4, 0.5) is 0 Å². The van der Waals surface area contributed by atoms with E-state index in [0.29, 0.717) is 0 Å². The zero-order valence-electron chi connectivity index (χ0n) is 10.4. The molecule has 0 bridgehead atoms. The fourth-order valence-electron chi connectivity index (χ4n) is 2.31. The van der Waals surface area contributed by atoms with Gasteiger partial charge in [0.05, 0.1) is 6.61 Å². The van der Waals surface area contributed by atoms with Crippen molar-refractivity contribution in [2.45, 2.75) is 25.9 Å². The Morgan fingerprint density at radius 3 is 3.00 bits per heavy atom. The first-order valence-electron chi connectivity index (χ1n) is 5.94. The van der Waals surface area contributed by atoms with Crippen LogP contribution in [0.1, 0.15) is 18.1 Å². The monoisotopic (exact) mass is 254 g/mol.